The molecule has 2 aromatic carbocycles. The lowest BCUT2D eigenvalue weighted by Crippen LogP contribution is -2.10. The summed E-state index contributed by atoms with van der Waals surface area (Å²) in [5.41, 5.74) is 7.49. The van der Waals surface area contributed by atoms with Gasteiger partial charge in [-0.25, -0.2) is 4.98 Å². The first-order valence-corrected chi connectivity index (χ1v) is 8.56. The molecule has 0 atom stereocenters. The summed E-state index contributed by atoms with van der Waals surface area (Å²) in [4.78, 5) is 19.7. The molecule has 0 fully saturated rings. The number of aromatic nitrogens is 2. The maximum atomic E-state index is 11.1. The number of ether oxygens (including phenoxy) is 1. The Bertz CT molecular complexity index is 870. The van der Waals surface area contributed by atoms with Crippen LogP contribution in [0.15, 0.2) is 60.8 Å². The molecule has 0 radical (unpaired) electrons. The van der Waals surface area contributed by atoms with Crippen molar-refractivity contribution in [2.45, 2.75) is 6.61 Å². The van der Waals surface area contributed by atoms with E-state index in [1.807, 2.05) is 30.3 Å². The van der Waals surface area contributed by atoms with Crippen molar-refractivity contribution in [2.75, 3.05) is 5.32 Å². The summed E-state index contributed by atoms with van der Waals surface area (Å²) in [6, 6.07) is 16.6. The van der Waals surface area contributed by atoms with Gasteiger partial charge in [0.25, 0.3) is 0 Å². The quantitative estimate of drug-likeness (QED) is 0.566. The number of carbonyl (C=O) groups is 1. The van der Waals surface area contributed by atoms with Gasteiger partial charge >= 0.3 is 0 Å². The second-order valence-corrected chi connectivity index (χ2v) is 6.35. The van der Waals surface area contributed by atoms with Crippen LogP contribution in [-0.2, 0) is 6.61 Å². The average Bonchev–Trinajstić information content (AvgIpc) is 2.63. The summed E-state index contributed by atoms with van der Waals surface area (Å²) >= 11 is 2.13. The van der Waals surface area contributed by atoms with E-state index in [0.717, 1.165) is 14.8 Å². The Morgan fingerprint density at radius 2 is 1.84 bits per heavy atom. The summed E-state index contributed by atoms with van der Waals surface area (Å²) in [6.07, 6.45) is 1.69. The highest BCUT2D eigenvalue weighted by Crippen LogP contribution is 2.22. The number of anilines is 2. The first kappa shape index (κ1) is 17.2. The van der Waals surface area contributed by atoms with E-state index in [9.17, 15) is 4.79 Å². The van der Waals surface area contributed by atoms with Crippen molar-refractivity contribution in [1.82, 2.24) is 9.97 Å². The molecule has 0 aliphatic heterocycles. The van der Waals surface area contributed by atoms with Crippen molar-refractivity contribution in [1.29, 1.82) is 0 Å². The van der Waals surface area contributed by atoms with Crippen molar-refractivity contribution in [2.24, 2.45) is 5.73 Å². The summed E-state index contributed by atoms with van der Waals surface area (Å²) < 4.78 is 6.61. The molecule has 3 N–H and O–H groups in total. The highest BCUT2D eigenvalue weighted by atomic mass is 127. The van der Waals surface area contributed by atoms with Gasteiger partial charge in [-0.15, -0.1) is 0 Å². The molecule has 0 aliphatic rings. The molecule has 7 heteroatoms. The minimum atomic E-state index is -0.464. The molecular weight excluding hydrogens is 431 g/mol. The van der Waals surface area contributed by atoms with E-state index in [1.165, 1.54) is 0 Å². The van der Waals surface area contributed by atoms with Gasteiger partial charge in [0, 0.05) is 17.4 Å². The van der Waals surface area contributed by atoms with Gasteiger partial charge in [0.1, 0.15) is 6.61 Å². The Balaban J connectivity index is 1.71. The van der Waals surface area contributed by atoms with Crippen LogP contribution in [0.5, 0.6) is 5.88 Å². The van der Waals surface area contributed by atoms with E-state index < -0.39 is 5.91 Å². The zero-order valence-electron chi connectivity index (χ0n) is 13.1. The maximum Gasteiger partial charge on any atom is 0.248 e. The standard InChI is InChI=1S/C18H15IN4O2/c19-15-10-21-18(22-14-8-6-13(7-9-14)16(20)24)23-17(15)25-11-12-4-2-1-3-5-12/h1-10H,11H2,(H2,20,24)(H,21,22,23). The average molecular weight is 446 g/mol. The lowest BCUT2D eigenvalue weighted by atomic mass is 10.2. The molecule has 6 nitrogen and oxygen atoms in total. The fraction of sp³-hybridized carbons (Fsp3) is 0.0556. The largest absolute Gasteiger partial charge is 0.472 e. The van der Waals surface area contributed by atoms with Gasteiger partial charge in [0.15, 0.2) is 0 Å². The number of primary amides is 1. The smallest absolute Gasteiger partial charge is 0.248 e. The minimum absolute atomic E-state index is 0.412. The molecule has 25 heavy (non-hydrogen) atoms. The van der Waals surface area contributed by atoms with Crippen molar-refractivity contribution in [3.05, 3.63) is 75.5 Å². The molecule has 126 valence electrons. The summed E-state index contributed by atoms with van der Waals surface area (Å²) in [5.74, 6) is 0.458. The Morgan fingerprint density at radius 3 is 2.52 bits per heavy atom. The van der Waals surface area contributed by atoms with Crippen LogP contribution in [0.4, 0.5) is 11.6 Å². The fourth-order valence-corrected chi connectivity index (χ4v) is 2.50. The zero-order valence-corrected chi connectivity index (χ0v) is 15.3. The first-order chi connectivity index (χ1) is 12.1. The van der Waals surface area contributed by atoms with Crippen LogP contribution in [-0.4, -0.2) is 15.9 Å². The monoisotopic (exact) mass is 446 g/mol. The number of carbonyl (C=O) groups excluding carboxylic acids is 1. The van der Waals surface area contributed by atoms with Gasteiger partial charge in [0.05, 0.1) is 3.57 Å². The van der Waals surface area contributed by atoms with Crippen LogP contribution in [0, 0.1) is 3.57 Å². The molecule has 0 saturated heterocycles. The van der Waals surface area contributed by atoms with Gasteiger partial charge in [-0.3, -0.25) is 4.79 Å². The SMILES string of the molecule is NC(=O)c1ccc(Nc2ncc(I)c(OCc3ccccc3)n2)cc1. The van der Waals surface area contributed by atoms with Crippen LogP contribution < -0.4 is 15.8 Å². The fourth-order valence-electron chi connectivity index (χ4n) is 2.09. The van der Waals surface area contributed by atoms with Crippen molar-refractivity contribution < 1.29 is 9.53 Å². The number of hydrogen-bond acceptors (Lipinski definition) is 5. The third kappa shape index (κ3) is 4.66. The van der Waals surface area contributed by atoms with Crippen LogP contribution >= 0.6 is 22.6 Å². The van der Waals surface area contributed by atoms with Crippen molar-refractivity contribution >= 4 is 40.1 Å². The second-order valence-electron chi connectivity index (χ2n) is 5.19. The second kappa shape index (κ2) is 7.93. The van der Waals surface area contributed by atoms with Gasteiger partial charge < -0.3 is 15.8 Å². The highest BCUT2D eigenvalue weighted by molar-refractivity contribution is 14.1. The minimum Gasteiger partial charge on any atom is -0.472 e. The van der Waals surface area contributed by atoms with Gasteiger partial charge in [-0.2, -0.15) is 4.98 Å². The van der Waals surface area contributed by atoms with Crippen LogP contribution in [0.2, 0.25) is 0 Å². The molecule has 0 unspecified atom stereocenters. The van der Waals surface area contributed by atoms with E-state index in [2.05, 4.69) is 37.9 Å². The maximum absolute atomic E-state index is 11.1. The van der Waals surface area contributed by atoms with Crippen molar-refractivity contribution in [3.63, 3.8) is 0 Å². The predicted molar refractivity (Wildman–Crippen MR) is 104 cm³/mol. The van der Waals surface area contributed by atoms with E-state index in [4.69, 9.17) is 10.5 Å². The highest BCUT2D eigenvalue weighted by Gasteiger charge is 2.08. The molecule has 0 aliphatic carbocycles. The number of nitrogens with zero attached hydrogens (tertiary/aromatic N) is 2. The number of halogens is 1. The van der Waals surface area contributed by atoms with E-state index in [-0.39, 0.29) is 0 Å². The summed E-state index contributed by atoms with van der Waals surface area (Å²) in [6.45, 7) is 0.431. The topological polar surface area (TPSA) is 90.1 Å². The Morgan fingerprint density at radius 1 is 1.12 bits per heavy atom. The van der Waals surface area contributed by atoms with Gasteiger partial charge in [-0.1, -0.05) is 30.3 Å². The van der Waals surface area contributed by atoms with Gasteiger partial charge in [-0.05, 0) is 52.4 Å². The summed E-state index contributed by atoms with van der Waals surface area (Å²) in [7, 11) is 0. The number of nitrogens with one attached hydrogen (secondary N) is 1. The Labute approximate surface area is 158 Å². The molecule has 1 heterocycles. The molecule has 0 spiro atoms. The van der Waals surface area contributed by atoms with Crippen molar-refractivity contribution in [3.8, 4) is 5.88 Å². The third-order valence-corrected chi connectivity index (χ3v) is 4.10. The molecule has 3 aromatic rings. The number of hydrogen-bond donors (Lipinski definition) is 2. The molecule has 3 rings (SSSR count). The molecule has 1 amide bonds. The van der Waals surface area contributed by atoms with Crippen LogP contribution in [0.3, 0.4) is 0 Å². The van der Waals surface area contributed by atoms with Gasteiger partial charge in [0.2, 0.25) is 17.7 Å². The lowest BCUT2D eigenvalue weighted by molar-refractivity contribution is 0.100. The Hall–Kier alpha value is -2.68. The van der Waals surface area contributed by atoms with E-state index in [0.29, 0.717) is 24.0 Å². The van der Waals surface area contributed by atoms with Crippen LogP contribution in [0.25, 0.3) is 0 Å². The molecular formula is C18H15IN4O2. The van der Waals surface area contributed by atoms with E-state index >= 15 is 0 Å². The Kier molecular flexibility index (Phi) is 5.44. The zero-order chi connectivity index (χ0) is 17.6. The number of benzene rings is 2. The number of nitrogens with two attached hydrogens (primary N) is 1. The number of rotatable bonds is 6. The molecule has 1 aromatic heterocycles. The predicted octanol–water partition coefficient (Wildman–Crippen LogP) is 3.50. The third-order valence-electron chi connectivity index (χ3n) is 3.36. The number of amides is 1. The lowest BCUT2D eigenvalue weighted by Gasteiger charge is -2.10. The summed E-state index contributed by atoms with van der Waals surface area (Å²) in [5, 5.41) is 3.08. The normalized spacial score (nSPS) is 10.3. The van der Waals surface area contributed by atoms with E-state index in [1.54, 1.807) is 30.5 Å². The first-order valence-electron chi connectivity index (χ1n) is 7.48. The molecule has 0 saturated carbocycles. The van der Waals surface area contributed by atoms with Crippen LogP contribution in [0.1, 0.15) is 15.9 Å². The molecule has 0 bridgehead atoms.